The summed E-state index contributed by atoms with van der Waals surface area (Å²) >= 11 is 1.80. The molecule has 0 saturated carbocycles. The fourth-order valence-corrected chi connectivity index (χ4v) is 5.17. The number of aromatic nitrogens is 4. The van der Waals surface area contributed by atoms with Crippen LogP contribution in [0.1, 0.15) is 27.4 Å². The molecule has 1 atom stereocenters. The minimum Gasteiger partial charge on any atom is -0.485 e. The Morgan fingerprint density at radius 1 is 1.26 bits per heavy atom. The molecule has 1 aromatic carbocycles. The number of aryl methyl sites for hydroxylation is 2. The highest BCUT2D eigenvalue weighted by Gasteiger charge is 2.24. The molecule has 138 valence electrons. The molecule has 0 spiro atoms. The van der Waals surface area contributed by atoms with Crippen molar-refractivity contribution < 1.29 is 9.64 Å². The van der Waals surface area contributed by atoms with Gasteiger partial charge in [-0.15, -0.1) is 16.4 Å². The van der Waals surface area contributed by atoms with Gasteiger partial charge in [-0.2, -0.15) is 0 Å². The summed E-state index contributed by atoms with van der Waals surface area (Å²) < 4.78 is 7.84. The number of likely N-dealkylation sites (N-methyl/N-ethyl adjacent to an activating group) is 1. The van der Waals surface area contributed by atoms with Crippen LogP contribution in [-0.4, -0.2) is 33.2 Å². The molecule has 4 heterocycles. The first-order chi connectivity index (χ1) is 13.1. The van der Waals surface area contributed by atoms with Gasteiger partial charge in [0.05, 0.1) is 23.9 Å². The number of quaternary nitrogens is 1. The van der Waals surface area contributed by atoms with Gasteiger partial charge in [-0.3, -0.25) is 0 Å². The Morgan fingerprint density at radius 3 is 2.89 bits per heavy atom. The van der Waals surface area contributed by atoms with Crippen molar-refractivity contribution in [2.45, 2.75) is 33.4 Å². The minimum absolute atomic E-state index is 0.355. The van der Waals surface area contributed by atoms with Gasteiger partial charge in [0.15, 0.2) is 11.5 Å². The first-order valence-corrected chi connectivity index (χ1v) is 10.1. The molecule has 5 rings (SSSR count). The van der Waals surface area contributed by atoms with Crippen LogP contribution in [0.5, 0.6) is 5.75 Å². The molecule has 7 heteroatoms. The molecule has 3 aromatic heterocycles. The zero-order chi connectivity index (χ0) is 18.5. The van der Waals surface area contributed by atoms with Crippen LogP contribution in [0, 0.1) is 13.8 Å². The van der Waals surface area contributed by atoms with Gasteiger partial charge in [0.2, 0.25) is 0 Å². The van der Waals surface area contributed by atoms with Crippen LogP contribution in [0.2, 0.25) is 0 Å². The molecular formula is C20H22N5OS+. The fourth-order valence-electron chi connectivity index (χ4n) is 3.88. The molecule has 1 aliphatic heterocycles. The van der Waals surface area contributed by atoms with Crippen molar-refractivity contribution >= 4 is 27.2 Å². The summed E-state index contributed by atoms with van der Waals surface area (Å²) in [6, 6.07) is 6.16. The lowest BCUT2D eigenvalue weighted by Crippen LogP contribution is -3.08. The summed E-state index contributed by atoms with van der Waals surface area (Å²) in [4.78, 5) is 13.5. The number of nitrogens with one attached hydrogen (secondary N) is 1. The van der Waals surface area contributed by atoms with Crippen LogP contribution in [0.4, 0.5) is 0 Å². The first kappa shape index (κ1) is 16.6. The van der Waals surface area contributed by atoms with Crippen molar-refractivity contribution in [2.24, 2.45) is 0 Å². The number of fused-ring (bicyclic) bond motifs is 5. The van der Waals surface area contributed by atoms with Crippen LogP contribution >= 0.6 is 11.3 Å². The maximum atomic E-state index is 6.04. The molecule has 0 radical (unpaired) electrons. The Labute approximate surface area is 161 Å². The largest absolute Gasteiger partial charge is 0.485 e. The van der Waals surface area contributed by atoms with Crippen LogP contribution in [0.15, 0.2) is 24.5 Å². The molecular weight excluding hydrogens is 358 g/mol. The lowest BCUT2D eigenvalue weighted by atomic mass is 10.1. The van der Waals surface area contributed by atoms with E-state index in [9.17, 15) is 0 Å². The number of rotatable bonds is 3. The van der Waals surface area contributed by atoms with Gasteiger partial charge in [0, 0.05) is 6.42 Å². The van der Waals surface area contributed by atoms with Gasteiger partial charge in [0.1, 0.15) is 30.1 Å². The second-order valence-corrected chi connectivity index (χ2v) is 8.45. The summed E-state index contributed by atoms with van der Waals surface area (Å²) in [5.41, 5.74) is 4.56. The van der Waals surface area contributed by atoms with Crippen molar-refractivity contribution in [3.63, 3.8) is 0 Å². The van der Waals surface area contributed by atoms with E-state index in [0.717, 1.165) is 46.9 Å². The van der Waals surface area contributed by atoms with Crippen molar-refractivity contribution in [3.8, 4) is 5.75 Å². The number of thiophene rings is 1. The number of hydrogen-bond donors (Lipinski definition) is 1. The Kier molecular flexibility index (Phi) is 3.87. The third-order valence-electron chi connectivity index (χ3n) is 5.27. The molecule has 0 bridgehead atoms. The molecule has 0 fully saturated rings. The fraction of sp³-hybridized carbons (Fsp3) is 0.350. The quantitative estimate of drug-likeness (QED) is 0.591. The third-order valence-corrected chi connectivity index (χ3v) is 6.41. The summed E-state index contributed by atoms with van der Waals surface area (Å²) in [6.07, 6.45) is 2.84. The molecule has 4 aromatic rings. The second-order valence-electron chi connectivity index (χ2n) is 7.37. The van der Waals surface area contributed by atoms with Crippen molar-refractivity contribution in [1.29, 1.82) is 0 Å². The number of nitrogens with zero attached hydrogens (tertiary/aromatic N) is 4. The molecule has 1 N–H and O–H groups in total. The predicted octanol–water partition coefficient (Wildman–Crippen LogP) is 2.11. The first-order valence-electron chi connectivity index (χ1n) is 9.25. The standard InChI is InChI=1S/C20H21N5OS/c1-12-5-4-6-13(2)18(12)26-10-16-22-19-17-14-7-8-24(3)9-15(14)27-20(17)21-11-25(19)23-16/h4-6,11H,7-10H2,1-3H3/p+1. The predicted molar refractivity (Wildman–Crippen MR) is 106 cm³/mol. The molecule has 0 saturated heterocycles. The van der Waals surface area contributed by atoms with Crippen LogP contribution in [0.25, 0.3) is 15.9 Å². The van der Waals surface area contributed by atoms with Gasteiger partial charge in [-0.1, -0.05) is 18.2 Å². The van der Waals surface area contributed by atoms with Gasteiger partial charge >= 0.3 is 0 Å². The Bertz CT molecular complexity index is 1140. The highest BCUT2D eigenvalue weighted by Crippen LogP contribution is 2.33. The van der Waals surface area contributed by atoms with Gasteiger partial charge in [-0.05, 0) is 30.5 Å². The van der Waals surface area contributed by atoms with E-state index in [2.05, 4.69) is 43.1 Å². The number of para-hydroxylation sites is 1. The van der Waals surface area contributed by atoms with E-state index in [4.69, 9.17) is 9.72 Å². The Hall–Kier alpha value is -2.51. The Balaban J connectivity index is 1.53. The summed E-state index contributed by atoms with van der Waals surface area (Å²) in [6.45, 7) is 6.69. The number of ether oxygens (including phenoxy) is 1. The second kappa shape index (κ2) is 6.28. The third kappa shape index (κ3) is 2.78. The molecule has 0 amide bonds. The molecule has 6 nitrogen and oxygen atoms in total. The SMILES string of the molecule is Cc1cccc(C)c1OCc1nc2c3c4c(sc3ncn2n1)C[NH+](C)CC4. The summed E-state index contributed by atoms with van der Waals surface area (Å²) in [5, 5.41) is 5.77. The highest BCUT2D eigenvalue weighted by atomic mass is 32.1. The average Bonchev–Trinajstić information content (AvgIpc) is 3.20. The topological polar surface area (TPSA) is 56.8 Å². The van der Waals surface area contributed by atoms with E-state index in [0.29, 0.717) is 12.4 Å². The monoisotopic (exact) mass is 380 g/mol. The van der Waals surface area contributed by atoms with E-state index in [1.54, 1.807) is 27.1 Å². The smallest absolute Gasteiger partial charge is 0.189 e. The van der Waals surface area contributed by atoms with E-state index in [1.165, 1.54) is 15.8 Å². The van der Waals surface area contributed by atoms with Gasteiger partial charge < -0.3 is 9.64 Å². The number of hydrogen-bond acceptors (Lipinski definition) is 5. The average molecular weight is 380 g/mol. The van der Waals surface area contributed by atoms with Crippen LogP contribution in [0.3, 0.4) is 0 Å². The number of benzene rings is 1. The maximum absolute atomic E-state index is 6.04. The van der Waals surface area contributed by atoms with Crippen molar-refractivity contribution in [3.05, 3.63) is 51.9 Å². The summed E-state index contributed by atoms with van der Waals surface area (Å²) in [7, 11) is 2.25. The lowest BCUT2D eigenvalue weighted by Gasteiger charge is -2.19. The van der Waals surface area contributed by atoms with Gasteiger partial charge in [0.25, 0.3) is 0 Å². The van der Waals surface area contributed by atoms with E-state index in [1.807, 2.05) is 6.07 Å². The molecule has 1 aliphatic rings. The van der Waals surface area contributed by atoms with Gasteiger partial charge in [-0.25, -0.2) is 14.5 Å². The molecule has 0 aliphatic carbocycles. The zero-order valence-electron chi connectivity index (χ0n) is 15.7. The normalized spacial score (nSPS) is 16.8. The van der Waals surface area contributed by atoms with E-state index >= 15 is 0 Å². The Morgan fingerprint density at radius 2 is 2.07 bits per heavy atom. The maximum Gasteiger partial charge on any atom is 0.189 e. The van der Waals surface area contributed by atoms with Crippen molar-refractivity contribution in [2.75, 3.05) is 13.6 Å². The molecule has 1 unspecified atom stereocenters. The molecule has 27 heavy (non-hydrogen) atoms. The van der Waals surface area contributed by atoms with E-state index < -0.39 is 0 Å². The van der Waals surface area contributed by atoms with Crippen LogP contribution < -0.4 is 9.64 Å². The van der Waals surface area contributed by atoms with Crippen molar-refractivity contribution in [1.82, 2.24) is 19.6 Å². The summed E-state index contributed by atoms with van der Waals surface area (Å²) in [5.74, 6) is 1.60. The van der Waals surface area contributed by atoms with Crippen LogP contribution in [-0.2, 0) is 19.6 Å². The minimum atomic E-state index is 0.355. The lowest BCUT2D eigenvalue weighted by molar-refractivity contribution is -0.895. The van der Waals surface area contributed by atoms with E-state index in [-0.39, 0.29) is 0 Å². The highest BCUT2D eigenvalue weighted by molar-refractivity contribution is 7.19. The zero-order valence-corrected chi connectivity index (χ0v) is 16.6.